The average molecular weight is 282 g/mol. The first kappa shape index (κ1) is 15.7. The molecule has 1 aromatic rings. The molecule has 3 N–H and O–H groups in total. The van der Waals surface area contributed by atoms with Gasteiger partial charge in [-0.15, -0.1) is 0 Å². The van der Waals surface area contributed by atoms with Crippen molar-refractivity contribution in [3.63, 3.8) is 0 Å². The quantitative estimate of drug-likeness (QED) is 0.763. The van der Waals surface area contributed by atoms with Crippen LogP contribution in [0.3, 0.4) is 0 Å². The van der Waals surface area contributed by atoms with Crippen LogP contribution >= 0.6 is 0 Å². The summed E-state index contributed by atoms with van der Waals surface area (Å²) in [6.07, 6.45) is 0.969. The molecule has 0 saturated carbocycles. The van der Waals surface area contributed by atoms with Crippen LogP contribution in [-0.4, -0.2) is 34.5 Å². The van der Waals surface area contributed by atoms with E-state index in [1.54, 1.807) is 0 Å². The van der Waals surface area contributed by atoms with E-state index in [9.17, 15) is 14.4 Å². The van der Waals surface area contributed by atoms with Gasteiger partial charge in [0.1, 0.15) is 12.3 Å². The van der Waals surface area contributed by atoms with Gasteiger partial charge in [0.25, 0.3) is 5.91 Å². The number of hydrogen-bond acceptors (Lipinski definition) is 4. The fourth-order valence-corrected chi connectivity index (χ4v) is 1.38. The molecule has 0 fully saturated rings. The second-order valence-corrected chi connectivity index (χ2v) is 5.44. The summed E-state index contributed by atoms with van der Waals surface area (Å²) in [5.74, 6) is -2.32. The van der Waals surface area contributed by atoms with Gasteiger partial charge in [0.15, 0.2) is 5.76 Å². The molecule has 2 amide bonds. The maximum absolute atomic E-state index is 11.8. The molecule has 20 heavy (non-hydrogen) atoms. The van der Waals surface area contributed by atoms with Crippen LogP contribution in [0, 0.1) is 0 Å². The zero-order valence-electron chi connectivity index (χ0n) is 11.8. The number of nitrogens with one attached hydrogen (secondary N) is 2. The van der Waals surface area contributed by atoms with Crippen molar-refractivity contribution in [2.24, 2.45) is 0 Å². The molecule has 1 atom stereocenters. The van der Waals surface area contributed by atoms with E-state index < -0.39 is 23.5 Å². The molecular formula is C13H18N2O5. The van der Waals surface area contributed by atoms with Crippen LogP contribution in [0.5, 0.6) is 0 Å². The largest absolute Gasteiger partial charge is 0.478 e. The molecule has 1 unspecified atom stereocenters. The van der Waals surface area contributed by atoms with E-state index in [0.29, 0.717) is 0 Å². The Hall–Kier alpha value is -2.31. The lowest BCUT2D eigenvalue weighted by Crippen LogP contribution is -2.50. The predicted octanol–water partition coefficient (Wildman–Crippen LogP) is 1.01. The van der Waals surface area contributed by atoms with Gasteiger partial charge >= 0.3 is 5.97 Å². The van der Waals surface area contributed by atoms with Crippen molar-refractivity contribution in [3.05, 3.63) is 23.7 Å². The number of carboxylic acids is 1. The van der Waals surface area contributed by atoms with E-state index in [2.05, 4.69) is 10.6 Å². The summed E-state index contributed by atoms with van der Waals surface area (Å²) in [5.41, 5.74) is -0.529. The fourth-order valence-electron chi connectivity index (χ4n) is 1.38. The highest BCUT2D eigenvalue weighted by Gasteiger charge is 2.22. The summed E-state index contributed by atoms with van der Waals surface area (Å²) in [5, 5.41) is 13.9. The third kappa shape index (κ3) is 4.42. The molecule has 0 aliphatic heterocycles. The summed E-state index contributed by atoms with van der Waals surface area (Å²) in [7, 11) is 0. The minimum atomic E-state index is -1.19. The van der Waals surface area contributed by atoms with Crippen LogP contribution in [0.25, 0.3) is 0 Å². The first-order valence-electron chi connectivity index (χ1n) is 6.05. The van der Waals surface area contributed by atoms with E-state index in [4.69, 9.17) is 9.52 Å². The molecule has 7 heteroatoms. The third-order valence-electron chi connectivity index (χ3n) is 2.31. The Balaban J connectivity index is 2.65. The van der Waals surface area contributed by atoms with Gasteiger partial charge in [0.05, 0.1) is 5.56 Å². The normalized spacial score (nSPS) is 12.6. The maximum atomic E-state index is 11.8. The zero-order chi connectivity index (χ0) is 15.5. The highest BCUT2D eigenvalue weighted by atomic mass is 16.4. The second kappa shape index (κ2) is 5.77. The summed E-state index contributed by atoms with van der Waals surface area (Å²) in [4.78, 5) is 34.2. The number of carbonyl (C=O) groups is 3. The Kier molecular flexibility index (Phi) is 4.54. The van der Waals surface area contributed by atoms with Crippen molar-refractivity contribution >= 4 is 17.8 Å². The summed E-state index contributed by atoms with van der Waals surface area (Å²) >= 11 is 0. The standard InChI is InChI=1S/C13H18N2O5/c1-7(10(16)15-13(2,3)4)14-11(17)9-5-8(6-20-9)12(18)19/h5-7H,1-4H3,(H,14,17)(H,15,16)(H,18,19). The van der Waals surface area contributed by atoms with E-state index in [1.807, 2.05) is 20.8 Å². The van der Waals surface area contributed by atoms with Gasteiger partial charge in [-0.3, -0.25) is 9.59 Å². The first-order valence-corrected chi connectivity index (χ1v) is 6.05. The van der Waals surface area contributed by atoms with Crippen LogP contribution in [0.4, 0.5) is 0 Å². The molecule has 0 aromatic carbocycles. The minimum absolute atomic E-state index is 0.123. The average Bonchev–Trinajstić information content (AvgIpc) is 2.75. The number of furan rings is 1. The van der Waals surface area contributed by atoms with Gasteiger partial charge in [-0.05, 0) is 27.7 Å². The van der Waals surface area contributed by atoms with Crippen molar-refractivity contribution in [1.82, 2.24) is 10.6 Å². The van der Waals surface area contributed by atoms with Crippen LogP contribution in [0.1, 0.15) is 48.6 Å². The summed E-state index contributed by atoms with van der Waals surface area (Å²) in [6.45, 7) is 7.00. The summed E-state index contributed by atoms with van der Waals surface area (Å²) in [6, 6.07) is 0.339. The Morgan fingerprint density at radius 1 is 1.30 bits per heavy atom. The number of carbonyl (C=O) groups excluding carboxylic acids is 2. The van der Waals surface area contributed by atoms with Gasteiger partial charge < -0.3 is 20.2 Å². The maximum Gasteiger partial charge on any atom is 0.338 e. The lowest BCUT2D eigenvalue weighted by molar-refractivity contribution is -0.124. The third-order valence-corrected chi connectivity index (χ3v) is 2.31. The van der Waals surface area contributed by atoms with E-state index in [1.165, 1.54) is 6.92 Å². The molecule has 110 valence electrons. The molecular weight excluding hydrogens is 264 g/mol. The van der Waals surface area contributed by atoms with Gasteiger partial charge in [0, 0.05) is 11.6 Å². The lowest BCUT2D eigenvalue weighted by Gasteiger charge is -2.23. The van der Waals surface area contributed by atoms with Crippen LogP contribution in [0.15, 0.2) is 16.7 Å². The second-order valence-electron chi connectivity index (χ2n) is 5.44. The number of amides is 2. The van der Waals surface area contributed by atoms with Crippen molar-refractivity contribution in [3.8, 4) is 0 Å². The first-order chi connectivity index (χ1) is 9.10. The fraction of sp³-hybridized carbons (Fsp3) is 0.462. The molecule has 1 heterocycles. The topological polar surface area (TPSA) is 109 Å². The molecule has 0 aliphatic carbocycles. The SMILES string of the molecule is CC(NC(=O)c1cc(C(=O)O)co1)C(=O)NC(C)(C)C. The van der Waals surface area contributed by atoms with Crippen LogP contribution in [-0.2, 0) is 4.79 Å². The number of hydrogen-bond donors (Lipinski definition) is 3. The minimum Gasteiger partial charge on any atom is -0.478 e. The zero-order valence-corrected chi connectivity index (χ0v) is 11.8. The number of rotatable bonds is 4. The highest BCUT2D eigenvalue weighted by molar-refractivity contribution is 5.97. The monoisotopic (exact) mass is 282 g/mol. The lowest BCUT2D eigenvalue weighted by atomic mass is 10.1. The molecule has 0 bridgehead atoms. The van der Waals surface area contributed by atoms with Crippen molar-refractivity contribution in [2.45, 2.75) is 39.3 Å². The molecule has 1 rings (SSSR count). The van der Waals surface area contributed by atoms with E-state index in [0.717, 1.165) is 12.3 Å². The molecule has 0 spiro atoms. The van der Waals surface area contributed by atoms with Crippen molar-refractivity contribution in [2.75, 3.05) is 0 Å². The van der Waals surface area contributed by atoms with E-state index in [-0.39, 0.29) is 17.2 Å². The van der Waals surface area contributed by atoms with Gasteiger partial charge in [-0.25, -0.2) is 4.79 Å². The van der Waals surface area contributed by atoms with Gasteiger partial charge in [-0.2, -0.15) is 0 Å². The van der Waals surface area contributed by atoms with Crippen LogP contribution < -0.4 is 10.6 Å². The van der Waals surface area contributed by atoms with E-state index >= 15 is 0 Å². The Labute approximate surface area is 116 Å². The molecule has 0 aliphatic rings. The molecule has 0 radical (unpaired) electrons. The molecule has 7 nitrogen and oxygen atoms in total. The Bertz CT molecular complexity index is 527. The van der Waals surface area contributed by atoms with Crippen molar-refractivity contribution in [1.29, 1.82) is 0 Å². The Morgan fingerprint density at radius 2 is 1.90 bits per heavy atom. The van der Waals surface area contributed by atoms with Crippen molar-refractivity contribution < 1.29 is 23.9 Å². The summed E-state index contributed by atoms with van der Waals surface area (Å²) < 4.78 is 4.84. The smallest absolute Gasteiger partial charge is 0.338 e. The van der Waals surface area contributed by atoms with Crippen LogP contribution in [0.2, 0.25) is 0 Å². The number of carboxylic acid groups (broad SMARTS) is 1. The Morgan fingerprint density at radius 3 is 2.35 bits per heavy atom. The predicted molar refractivity (Wildman–Crippen MR) is 70.5 cm³/mol. The highest BCUT2D eigenvalue weighted by Crippen LogP contribution is 2.08. The number of aromatic carboxylic acids is 1. The molecule has 0 saturated heterocycles. The van der Waals surface area contributed by atoms with Gasteiger partial charge in [-0.1, -0.05) is 0 Å². The molecule has 1 aromatic heterocycles. The van der Waals surface area contributed by atoms with Gasteiger partial charge in [0.2, 0.25) is 5.91 Å².